The molecule has 1 aliphatic rings. The van der Waals surface area contributed by atoms with E-state index in [2.05, 4.69) is 10.3 Å². The highest BCUT2D eigenvalue weighted by molar-refractivity contribution is 6.06. The van der Waals surface area contributed by atoms with Crippen LogP contribution in [0.15, 0.2) is 47.2 Å². The number of nitrogens with zero attached hydrogens (tertiary/aromatic N) is 4. The number of ether oxygens (including phenoxy) is 1. The monoisotopic (exact) mass is 381 g/mol. The fraction of sp³-hybridized carbons (Fsp3) is 0.263. The molecule has 9 heteroatoms. The molecule has 28 heavy (non-hydrogen) atoms. The Bertz CT molecular complexity index is 994. The van der Waals surface area contributed by atoms with Crippen molar-refractivity contribution < 1.29 is 18.8 Å². The van der Waals surface area contributed by atoms with Gasteiger partial charge in [0.2, 0.25) is 5.76 Å². The molecule has 2 N–H and O–H groups in total. The molecule has 1 atom stereocenters. The highest BCUT2D eigenvalue weighted by Gasteiger charge is 2.37. The molecular formula is C19H19N5O4. The number of hydrogen-bond donors (Lipinski definition) is 1. The first-order valence-electron chi connectivity index (χ1n) is 8.84. The third kappa shape index (κ3) is 3.00. The summed E-state index contributed by atoms with van der Waals surface area (Å²) in [5.41, 5.74) is 7.20. The summed E-state index contributed by atoms with van der Waals surface area (Å²) < 4.78 is 11.6. The van der Waals surface area contributed by atoms with E-state index < -0.39 is 6.04 Å². The lowest BCUT2D eigenvalue weighted by atomic mass is 10.0. The molecule has 0 radical (unpaired) electrons. The molecule has 144 valence electrons. The topological polar surface area (TPSA) is 116 Å². The number of nitrogens with two attached hydrogens (primary N) is 1. The third-order valence-corrected chi connectivity index (χ3v) is 4.85. The predicted octanol–water partition coefficient (Wildman–Crippen LogP) is 1.94. The van der Waals surface area contributed by atoms with Crippen LogP contribution in [0, 0.1) is 0 Å². The number of carbonyl (C=O) groups excluding carboxylic acids is 2. The Kier molecular flexibility index (Phi) is 4.56. The highest BCUT2D eigenvalue weighted by atomic mass is 16.5. The van der Waals surface area contributed by atoms with Gasteiger partial charge < -0.3 is 19.9 Å². The standard InChI is InChI=1S/C19H19N5O4/c1-27-13-6-4-12(5-7-13)24-18(20)14(11-21-24)17(25)15-3-2-10-23(15)19(26)16-8-9-22-28-16/h4-9,11,15H,2-3,10,20H2,1H3/t15-/m1/s1. The largest absolute Gasteiger partial charge is 0.497 e. The Morgan fingerprint density at radius 3 is 2.71 bits per heavy atom. The van der Waals surface area contributed by atoms with Crippen molar-refractivity contribution in [1.29, 1.82) is 0 Å². The van der Waals surface area contributed by atoms with E-state index in [1.54, 1.807) is 31.4 Å². The fourth-order valence-electron chi connectivity index (χ4n) is 3.41. The van der Waals surface area contributed by atoms with Crippen LogP contribution in [0.1, 0.15) is 33.8 Å². The van der Waals surface area contributed by atoms with Gasteiger partial charge in [-0.05, 0) is 37.1 Å². The van der Waals surface area contributed by atoms with Crippen LogP contribution in [-0.2, 0) is 0 Å². The van der Waals surface area contributed by atoms with E-state index in [9.17, 15) is 9.59 Å². The second-order valence-electron chi connectivity index (χ2n) is 6.45. The number of amides is 1. The maximum atomic E-state index is 13.1. The normalized spacial score (nSPS) is 16.3. The molecule has 3 heterocycles. The number of aromatic nitrogens is 3. The smallest absolute Gasteiger partial charge is 0.293 e. The van der Waals surface area contributed by atoms with Gasteiger partial charge in [0.05, 0.1) is 36.8 Å². The number of likely N-dealkylation sites (tertiary alicyclic amines) is 1. The van der Waals surface area contributed by atoms with Crippen molar-refractivity contribution in [3.05, 3.63) is 54.0 Å². The zero-order chi connectivity index (χ0) is 19.7. The number of methoxy groups -OCH3 is 1. The minimum atomic E-state index is -0.603. The summed E-state index contributed by atoms with van der Waals surface area (Å²) >= 11 is 0. The van der Waals surface area contributed by atoms with Crippen LogP contribution in [0.4, 0.5) is 5.82 Å². The number of ketones is 1. The molecule has 9 nitrogen and oxygen atoms in total. The number of benzene rings is 1. The third-order valence-electron chi connectivity index (χ3n) is 4.85. The second-order valence-corrected chi connectivity index (χ2v) is 6.45. The Hall–Kier alpha value is -3.62. The summed E-state index contributed by atoms with van der Waals surface area (Å²) in [7, 11) is 1.58. The molecule has 1 amide bonds. The van der Waals surface area contributed by atoms with Crippen molar-refractivity contribution >= 4 is 17.5 Å². The lowest BCUT2D eigenvalue weighted by molar-refractivity contribution is 0.0640. The number of rotatable bonds is 5. The molecule has 1 fully saturated rings. The molecule has 0 aliphatic carbocycles. The van der Waals surface area contributed by atoms with Crippen molar-refractivity contribution in [2.75, 3.05) is 19.4 Å². The van der Waals surface area contributed by atoms with Crippen LogP contribution in [0.2, 0.25) is 0 Å². The first-order valence-corrected chi connectivity index (χ1v) is 8.84. The van der Waals surface area contributed by atoms with Crippen molar-refractivity contribution in [1.82, 2.24) is 19.8 Å². The Labute approximate surface area is 160 Å². The van der Waals surface area contributed by atoms with Gasteiger partial charge in [0.15, 0.2) is 5.78 Å². The predicted molar refractivity (Wildman–Crippen MR) is 99.4 cm³/mol. The minimum Gasteiger partial charge on any atom is -0.497 e. The molecule has 3 aromatic rings. The van der Waals surface area contributed by atoms with Crippen LogP contribution >= 0.6 is 0 Å². The Morgan fingerprint density at radius 2 is 2.04 bits per heavy atom. The van der Waals surface area contributed by atoms with Crippen molar-refractivity contribution in [2.45, 2.75) is 18.9 Å². The molecule has 0 saturated carbocycles. The van der Waals surface area contributed by atoms with Gasteiger partial charge in [0, 0.05) is 12.6 Å². The highest BCUT2D eigenvalue weighted by Crippen LogP contribution is 2.27. The summed E-state index contributed by atoms with van der Waals surface area (Å²) in [6.07, 6.45) is 4.13. The number of carbonyl (C=O) groups is 2. The Balaban J connectivity index is 1.59. The number of Topliss-reactive ketones (excluding diaryl/α,β-unsaturated/α-hetero) is 1. The quantitative estimate of drug-likeness (QED) is 0.671. The van der Waals surface area contributed by atoms with E-state index in [0.29, 0.717) is 24.4 Å². The number of nitrogen functional groups attached to an aromatic ring is 1. The maximum Gasteiger partial charge on any atom is 0.293 e. The molecule has 2 aromatic heterocycles. The van der Waals surface area contributed by atoms with E-state index in [-0.39, 0.29) is 28.8 Å². The molecule has 1 aliphatic heterocycles. The minimum absolute atomic E-state index is 0.113. The van der Waals surface area contributed by atoms with Gasteiger partial charge in [-0.15, -0.1) is 0 Å². The zero-order valence-electron chi connectivity index (χ0n) is 15.2. The average molecular weight is 381 g/mol. The summed E-state index contributed by atoms with van der Waals surface area (Å²) in [6.45, 7) is 0.475. The molecule has 1 saturated heterocycles. The Morgan fingerprint density at radius 1 is 1.25 bits per heavy atom. The molecule has 0 unspecified atom stereocenters. The molecule has 1 aromatic carbocycles. The van der Waals surface area contributed by atoms with Gasteiger partial charge in [0.1, 0.15) is 11.6 Å². The van der Waals surface area contributed by atoms with Gasteiger partial charge in [-0.2, -0.15) is 5.10 Å². The van der Waals surface area contributed by atoms with Crippen LogP contribution in [0.5, 0.6) is 5.75 Å². The van der Waals surface area contributed by atoms with Crippen molar-refractivity contribution in [3.8, 4) is 11.4 Å². The first kappa shape index (κ1) is 17.8. The average Bonchev–Trinajstić information content (AvgIpc) is 3.47. The SMILES string of the molecule is COc1ccc(-n2ncc(C(=O)[C@H]3CCCN3C(=O)c3ccno3)c2N)cc1. The summed E-state index contributed by atoms with van der Waals surface area (Å²) in [4.78, 5) is 27.2. The first-order chi connectivity index (χ1) is 13.6. The summed E-state index contributed by atoms with van der Waals surface area (Å²) in [6, 6.07) is 8.04. The van der Waals surface area contributed by atoms with E-state index in [1.165, 1.54) is 28.0 Å². The molecule has 4 rings (SSSR count). The molecule has 0 spiro atoms. The lowest BCUT2D eigenvalue weighted by Crippen LogP contribution is -2.40. The zero-order valence-corrected chi connectivity index (χ0v) is 15.2. The van der Waals surface area contributed by atoms with Crippen molar-refractivity contribution in [2.24, 2.45) is 0 Å². The van der Waals surface area contributed by atoms with E-state index >= 15 is 0 Å². The van der Waals surface area contributed by atoms with Gasteiger partial charge in [-0.25, -0.2) is 4.68 Å². The molecule has 0 bridgehead atoms. The second kappa shape index (κ2) is 7.18. The van der Waals surface area contributed by atoms with Crippen LogP contribution in [-0.4, -0.2) is 51.2 Å². The van der Waals surface area contributed by atoms with Gasteiger partial charge in [-0.1, -0.05) is 5.16 Å². The van der Waals surface area contributed by atoms with Gasteiger partial charge in [0.25, 0.3) is 5.91 Å². The van der Waals surface area contributed by atoms with E-state index in [4.69, 9.17) is 15.0 Å². The van der Waals surface area contributed by atoms with Crippen molar-refractivity contribution in [3.63, 3.8) is 0 Å². The fourth-order valence-corrected chi connectivity index (χ4v) is 3.41. The number of hydrogen-bond acceptors (Lipinski definition) is 7. The number of anilines is 1. The van der Waals surface area contributed by atoms with E-state index in [1.807, 2.05) is 0 Å². The van der Waals surface area contributed by atoms with Crippen LogP contribution in [0.3, 0.4) is 0 Å². The van der Waals surface area contributed by atoms with Crippen LogP contribution < -0.4 is 10.5 Å². The van der Waals surface area contributed by atoms with Gasteiger partial charge >= 0.3 is 0 Å². The summed E-state index contributed by atoms with van der Waals surface area (Å²) in [5.74, 6) is 0.464. The maximum absolute atomic E-state index is 13.1. The summed E-state index contributed by atoms with van der Waals surface area (Å²) in [5, 5.41) is 7.81. The lowest BCUT2D eigenvalue weighted by Gasteiger charge is -2.22. The van der Waals surface area contributed by atoms with E-state index in [0.717, 1.165) is 6.42 Å². The van der Waals surface area contributed by atoms with Gasteiger partial charge in [-0.3, -0.25) is 9.59 Å². The molecular weight excluding hydrogens is 362 g/mol. The van der Waals surface area contributed by atoms with Crippen LogP contribution in [0.25, 0.3) is 5.69 Å².